The van der Waals surface area contributed by atoms with E-state index in [1.54, 1.807) is 6.07 Å². The van der Waals surface area contributed by atoms with E-state index in [0.29, 0.717) is 0 Å². The zero-order valence-electron chi connectivity index (χ0n) is 8.98. The molecule has 0 unspecified atom stereocenters. The van der Waals surface area contributed by atoms with Crippen molar-refractivity contribution in [2.45, 2.75) is 19.7 Å². The molecule has 0 N–H and O–H groups in total. The number of nitrogens with zero attached hydrogens (tertiary/aromatic N) is 3. The molecule has 0 bridgehead atoms. The highest BCUT2D eigenvalue weighted by Gasteiger charge is 2.36. The first-order valence-electron chi connectivity index (χ1n) is 4.52. The highest BCUT2D eigenvalue weighted by molar-refractivity contribution is 5.50. The van der Waals surface area contributed by atoms with Crippen LogP contribution >= 0.6 is 0 Å². The Kier molecular flexibility index (Phi) is 3.70. The quantitative estimate of drug-likeness (QED) is 0.615. The number of pyridine rings is 1. The van der Waals surface area contributed by atoms with E-state index in [1.807, 2.05) is 0 Å². The number of nitro groups is 1. The molecule has 18 heavy (non-hydrogen) atoms. The summed E-state index contributed by atoms with van der Waals surface area (Å²) in [5.74, 6) is -0.964. The summed E-state index contributed by atoms with van der Waals surface area (Å²) in [6.07, 6.45) is -5.29. The van der Waals surface area contributed by atoms with Gasteiger partial charge in [-0.15, -0.1) is 13.2 Å². The van der Waals surface area contributed by atoms with Gasteiger partial charge >= 0.3 is 12.0 Å². The van der Waals surface area contributed by atoms with Gasteiger partial charge in [-0.1, -0.05) is 0 Å². The average molecular weight is 261 g/mol. The van der Waals surface area contributed by atoms with Gasteiger partial charge in [0.05, 0.1) is 28.8 Å². The molecule has 0 aliphatic heterocycles. The molecule has 0 aliphatic carbocycles. The maximum Gasteiger partial charge on any atom is 0.573 e. The molecule has 0 aromatic carbocycles. The molecule has 0 spiro atoms. The zero-order valence-corrected chi connectivity index (χ0v) is 8.98. The van der Waals surface area contributed by atoms with Gasteiger partial charge in [-0.3, -0.25) is 15.1 Å². The first-order chi connectivity index (χ1) is 8.24. The minimum absolute atomic E-state index is 0.0104. The van der Waals surface area contributed by atoms with Gasteiger partial charge in [-0.25, -0.2) is 0 Å². The molecule has 0 radical (unpaired) electrons. The molecule has 0 saturated carbocycles. The SMILES string of the molecule is Cc1nc(CC#N)cc([N+](=O)[O-])c1OC(F)(F)F. The molecule has 96 valence electrons. The molecule has 9 heteroatoms. The Hall–Kier alpha value is -2.37. The van der Waals surface area contributed by atoms with Crippen LogP contribution in [0.15, 0.2) is 6.07 Å². The number of aryl methyl sites for hydroxylation is 1. The molecule has 6 nitrogen and oxygen atoms in total. The third-order valence-corrected chi connectivity index (χ3v) is 1.85. The van der Waals surface area contributed by atoms with Crippen molar-refractivity contribution in [3.05, 3.63) is 27.6 Å². The maximum absolute atomic E-state index is 12.1. The molecule has 0 amide bonds. The average Bonchev–Trinajstić information content (AvgIpc) is 2.20. The van der Waals surface area contributed by atoms with Crippen molar-refractivity contribution in [1.29, 1.82) is 5.26 Å². The summed E-state index contributed by atoms with van der Waals surface area (Å²) in [6.45, 7) is 1.13. The van der Waals surface area contributed by atoms with Gasteiger partial charge in [0.25, 0.3) is 0 Å². The number of hydrogen-bond donors (Lipinski definition) is 0. The summed E-state index contributed by atoms with van der Waals surface area (Å²) in [7, 11) is 0. The van der Waals surface area contributed by atoms with Crippen molar-refractivity contribution in [2.75, 3.05) is 0 Å². The van der Waals surface area contributed by atoms with Crippen molar-refractivity contribution in [3.8, 4) is 11.8 Å². The van der Waals surface area contributed by atoms with Crippen molar-refractivity contribution < 1.29 is 22.8 Å². The fourth-order valence-corrected chi connectivity index (χ4v) is 1.26. The fraction of sp³-hybridized carbons (Fsp3) is 0.333. The second kappa shape index (κ2) is 4.87. The summed E-state index contributed by atoms with van der Waals surface area (Å²) in [6, 6.07) is 2.49. The van der Waals surface area contributed by atoms with Crippen LogP contribution < -0.4 is 4.74 Å². The van der Waals surface area contributed by atoms with Gasteiger partial charge in [0.15, 0.2) is 0 Å². The van der Waals surface area contributed by atoms with Crippen LogP contribution in [0.25, 0.3) is 0 Å². The standard InChI is InChI=1S/C9H6F3N3O3/c1-5-8(18-9(10,11)12)7(15(16)17)4-6(14-5)2-3-13/h4H,2H2,1H3. The highest BCUT2D eigenvalue weighted by Crippen LogP contribution is 2.34. The van der Waals surface area contributed by atoms with E-state index in [1.165, 1.54) is 0 Å². The van der Waals surface area contributed by atoms with Gasteiger partial charge in [-0.2, -0.15) is 5.26 Å². The molecule has 0 atom stereocenters. The Labute approximate surface area is 98.8 Å². The molecule has 0 aliphatic rings. The topological polar surface area (TPSA) is 89.0 Å². The van der Waals surface area contributed by atoms with Gasteiger partial charge in [0.1, 0.15) is 0 Å². The zero-order chi connectivity index (χ0) is 13.9. The Bertz CT molecular complexity index is 522. The van der Waals surface area contributed by atoms with Gasteiger partial charge in [0, 0.05) is 6.07 Å². The van der Waals surface area contributed by atoms with Crippen molar-refractivity contribution in [1.82, 2.24) is 4.98 Å². The van der Waals surface area contributed by atoms with Crippen LogP contribution in [0.4, 0.5) is 18.9 Å². The molecular formula is C9H6F3N3O3. The third-order valence-electron chi connectivity index (χ3n) is 1.85. The monoisotopic (exact) mass is 261 g/mol. The van der Waals surface area contributed by atoms with Gasteiger partial charge in [-0.05, 0) is 6.92 Å². The fourth-order valence-electron chi connectivity index (χ4n) is 1.26. The van der Waals surface area contributed by atoms with E-state index >= 15 is 0 Å². The largest absolute Gasteiger partial charge is 0.573 e. The first-order valence-corrected chi connectivity index (χ1v) is 4.52. The number of ether oxygens (including phenoxy) is 1. The molecule has 1 aromatic rings. The molecule has 1 aromatic heterocycles. The summed E-state index contributed by atoms with van der Waals surface area (Å²) in [5, 5.41) is 19.1. The summed E-state index contributed by atoms with van der Waals surface area (Å²) in [5.41, 5.74) is -1.16. The van der Waals surface area contributed by atoms with Crippen LogP contribution in [0.1, 0.15) is 11.4 Å². The van der Waals surface area contributed by atoms with Crippen molar-refractivity contribution in [2.24, 2.45) is 0 Å². The lowest BCUT2D eigenvalue weighted by Crippen LogP contribution is -2.19. The van der Waals surface area contributed by atoms with Crippen LogP contribution in [0.5, 0.6) is 5.75 Å². The van der Waals surface area contributed by atoms with E-state index < -0.39 is 22.7 Å². The second-order valence-corrected chi connectivity index (χ2v) is 3.19. The third kappa shape index (κ3) is 3.31. The predicted molar refractivity (Wildman–Crippen MR) is 51.6 cm³/mol. The Morgan fingerprint density at radius 1 is 1.61 bits per heavy atom. The van der Waals surface area contributed by atoms with E-state index in [9.17, 15) is 23.3 Å². The summed E-state index contributed by atoms with van der Waals surface area (Å²) < 4.78 is 39.8. The molecular weight excluding hydrogens is 255 g/mol. The Balaban J connectivity index is 3.33. The van der Waals surface area contributed by atoms with E-state index in [4.69, 9.17) is 5.26 Å². The minimum Gasteiger partial charge on any atom is -0.396 e. The number of halogens is 3. The first kappa shape index (κ1) is 13.7. The maximum atomic E-state index is 12.1. The van der Waals surface area contributed by atoms with Crippen LogP contribution in [-0.4, -0.2) is 16.3 Å². The normalized spacial score (nSPS) is 10.8. The molecule has 1 rings (SSSR count). The van der Waals surface area contributed by atoms with E-state index in [2.05, 4.69) is 9.72 Å². The van der Waals surface area contributed by atoms with E-state index in [-0.39, 0.29) is 17.8 Å². The minimum atomic E-state index is -5.05. The lowest BCUT2D eigenvalue weighted by molar-refractivity contribution is -0.388. The number of rotatable bonds is 3. The summed E-state index contributed by atoms with van der Waals surface area (Å²) >= 11 is 0. The second-order valence-electron chi connectivity index (χ2n) is 3.19. The number of aromatic nitrogens is 1. The smallest absolute Gasteiger partial charge is 0.396 e. The number of nitriles is 1. The lowest BCUT2D eigenvalue weighted by Gasteiger charge is -2.11. The Morgan fingerprint density at radius 3 is 2.67 bits per heavy atom. The van der Waals surface area contributed by atoms with Crippen molar-refractivity contribution in [3.63, 3.8) is 0 Å². The van der Waals surface area contributed by atoms with Crippen LogP contribution in [0, 0.1) is 28.4 Å². The number of hydrogen-bond acceptors (Lipinski definition) is 5. The molecule has 0 saturated heterocycles. The van der Waals surface area contributed by atoms with Crippen molar-refractivity contribution >= 4 is 5.69 Å². The lowest BCUT2D eigenvalue weighted by atomic mass is 10.2. The highest BCUT2D eigenvalue weighted by atomic mass is 19.4. The van der Waals surface area contributed by atoms with Crippen LogP contribution in [0.2, 0.25) is 0 Å². The van der Waals surface area contributed by atoms with Gasteiger partial charge in [0.2, 0.25) is 5.75 Å². The van der Waals surface area contributed by atoms with Gasteiger partial charge < -0.3 is 4.74 Å². The summed E-state index contributed by atoms with van der Waals surface area (Å²) in [4.78, 5) is 13.3. The Morgan fingerprint density at radius 2 is 2.22 bits per heavy atom. The predicted octanol–water partition coefficient (Wildman–Crippen LogP) is 2.26. The van der Waals surface area contributed by atoms with Crippen LogP contribution in [-0.2, 0) is 6.42 Å². The number of alkyl halides is 3. The molecule has 1 heterocycles. The van der Waals surface area contributed by atoms with Crippen LogP contribution in [0.3, 0.4) is 0 Å². The van der Waals surface area contributed by atoms with E-state index in [0.717, 1.165) is 13.0 Å². The molecule has 0 fully saturated rings.